The minimum atomic E-state index is -0.687. The Morgan fingerprint density at radius 2 is 1.82 bits per heavy atom. The van der Waals surface area contributed by atoms with Crippen molar-refractivity contribution in [2.24, 2.45) is 4.99 Å². The molecule has 0 bridgehead atoms. The summed E-state index contributed by atoms with van der Waals surface area (Å²) in [6, 6.07) is 20.2. The number of rotatable bonds is 8. The third-order valence-electron chi connectivity index (χ3n) is 6.73. The molecule has 39 heavy (non-hydrogen) atoms. The van der Waals surface area contributed by atoms with Gasteiger partial charge in [-0.1, -0.05) is 6.07 Å². The number of nitrogens with zero attached hydrogens (tertiary/aromatic N) is 4. The Balaban J connectivity index is 1.52. The number of aliphatic imine (C=N–C) groups is 1. The number of nitrogens with one attached hydrogen (secondary N) is 1. The number of carbonyl (C=O) groups excluding carboxylic acids is 2. The van der Waals surface area contributed by atoms with Crippen LogP contribution in [0.4, 0.5) is 17.1 Å². The van der Waals surface area contributed by atoms with Gasteiger partial charge in [0.05, 0.1) is 23.0 Å². The van der Waals surface area contributed by atoms with Gasteiger partial charge in [-0.3, -0.25) is 14.6 Å². The van der Waals surface area contributed by atoms with Crippen LogP contribution < -0.4 is 19.7 Å². The second-order valence-corrected chi connectivity index (χ2v) is 9.75. The molecule has 0 aromatic heterocycles. The molecule has 2 aliphatic heterocycles. The summed E-state index contributed by atoms with van der Waals surface area (Å²) in [6.45, 7) is 3.19. The zero-order chi connectivity index (χ0) is 27.5. The van der Waals surface area contributed by atoms with Crippen LogP contribution >= 0.6 is 0 Å². The third kappa shape index (κ3) is 5.47. The summed E-state index contributed by atoms with van der Waals surface area (Å²) in [5.74, 6) is 0.283. The Morgan fingerprint density at radius 1 is 1.05 bits per heavy atom. The van der Waals surface area contributed by atoms with Gasteiger partial charge in [-0.05, 0) is 87.2 Å². The molecule has 0 aliphatic carbocycles. The lowest BCUT2D eigenvalue weighted by Crippen LogP contribution is -2.31. The molecule has 2 amide bonds. The van der Waals surface area contributed by atoms with Gasteiger partial charge in [0.2, 0.25) is 18.6 Å². The summed E-state index contributed by atoms with van der Waals surface area (Å²) in [5.41, 5.74) is 4.49. The second-order valence-electron chi connectivity index (χ2n) is 9.75. The van der Waals surface area contributed by atoms with Crippen molar-refractivity contribution in [1.29, 1.82) is 5.26 Å². The number of nitriles is 1. The minimum Gasteiger partial charge on any atom is -0.454 e. The standard InChI is InChI=1S/C30H29N5O4/c1-19(36)35(14-4-13-34(2)3)23-9-7-22(8-10-23)32-29(21-6-12-26-27(16-21)39-18-38-26)28-24-11-5-20(17-31)15-25(24)33-30(28)37/h5-12,15-16,28H,4,13-14,18H2,1-3H3,(H,33,37). The number of anilines is 2. The van der Waals surface area contributed by atoms with Gasteiger partial charge in [0, 0.05) is 30.4 Å². The lowest BCUT2D eigenvalue weighted by Gasteiger charge is -2.22. The fraction of sp³-hybridized carbons (Fsp3) is 0.267. The Bertz CT molecular complexity index is 1490. The summed E-state index contributed by atoms with van der Waals surface area (Å²) in [7, 11) is 4.02. The molecule has 2 heterocycles. The van der Waals surface area contributed by atoms with Crippen LogP contribution in [0.1, 0.15) is 36.0 Å². The summed E-state index contributed by atoms with van der Waals surface area (Å²) in [4.78, 5) is 34.4. The number of hydrogen-bond donors (Lipinski definition) is 1. The first-order chi connectivity index (χ1) is 18.8. The molecular formula is C30H29N5O4. The maximum Gasteiger partial charge on any atom is 0.238 e. The zero-order valence-electron chi connectivity index (χ0n) is 22.1. The highest BCUT2D eigenvalue weighted by Crippen LogP contribution is 2.39. The first-order valence-corrected chi connectivity index (χ1v) is 12.7. The molecule has 3 aromatic carbocycles. The van der Waals surface area contributed by atoms with Crippen LogP contribution in [0.15, 0.2) is 65.7 Å². The molecule has 9 nitrogen and oxygen atoms in total. The normalized spacial score (nSPS) is 15.6. The molecule has 0 radical (unpaired) electrons. The molecule has 9 heteroatoms. The van der Waals surface area contributed by atoms with E-state index in [1.165, 1.54) is 0 Å². The maximum atomic E-state index is 13.3. The van der Waals surface area contributed by atoms with Crippen LogP contribution in [0.2, 0.25) is 0 Å². The largest absolute Gasteiger partial charge is 0.454 e. The lowest BCUT2D eigenvalue weighted by atomic mass is 9.90. The SMILES string of the molecule is CC(=O)N(CCCN(C)C)c1ccc(N=C(c2ccc3c(c2)OCO3)C2C(=O)Nc3cc(C#N)ccc32)cc1. The van der Waals surface area contributed by atoms with Gasteiger partial charge in [-0.2, -0.15) is 5.26 Å². The van der Waals surface area contributed by atoms with Gasteiger partial charge in [-0.15, -0.1) is 0 Å². The molecule has 2 aliphatic rings. The van der Waals surface area contributed by atoms with E-state index in [9.17, 15) is 14.9 Å². The fourth-order valence-electron chi connectivity index (χ4n) is 4.81. The van der Waals surface area contributed by atoms with E-state index in [0.29, 0.717) is 40.7 Å². The predicted octanol–water partition coefficient (Wildman–Crippen LogP) is 4.45. The fourth-order valence-corrected chi connectivity index (χ4v) is 4.81. The van der Waals surface area contributed by atoms with Crippen LogP contribution in [0, 0.1) is 11.3 Å². The highest BCUT2D eigenvalue weighted by atomic mass is 16.7. The lowest BCUT2D eigenvalue weighted by molar-refractivity contribution is -0.117. The quantitative estimate of drug-likeness (QED) is 0.437. The Kier molecular flexibility index (Phi) is 7.30. The average molecular weight is 524 g/mol. The molecule has 0 saturated carbocycles. The van der Waals surface area contributed by atoms with E-state index in [4.69, 9.17) is 14.5 Å². The maximum absolute atomic E-state index is 13.3. The van der Waals surface area contributed by atoms with Gasteiger partial charge in [0.15, 0.2) is 11.5 Å². The predicted molar refractivity (Wildman–Crippen MR) is 149 cm³/mol. The van der Waals surface area contributed by atoms with Crippen molar-refractivity contribution < 1.29 is 19.1 Å². The summed E-state index contributed by atoms with van der Waals surface area (Å²) < 4.78 is 11.1. The highest BCUT2D eigenvalue weighted by Gasteiger charge is 2.36. The van der Waals surface area contributed by atoms with Gasteiger partial charge in [0.25, 0.3) is 0 Å². The average Bonchev–Trinajstić information content (AvgIpc) is 3.52. The van der Waals surface area contributed by atoms with Crippen molar-refractivity contribution in [3.05, 3.63) is 77.4 Å². The van der Waals surface area contributed by atoms with Gasteiger partial charge in [0.1, 0.15) is 5.92 Å². The molecule has 0 saturated heterocycles. The van der Waals surface area contributed by atoms with Gasteiger partial charge in [-0.25, -0.2) is 0 Å². The van der Waals surface area contributed by atoms with E-state index in [-0.39, 0.29) is 18.6 Å². The van der Waals surface area contributed by atoms with Crippen molar-refractivity contribution in [3.63, 3.8) is 0 Å². The van der Waals surface area contributed by atoms with Crippen LogP contribution in [0.25, 0.3) is 0 Å². The molecular weight excluding hydrogens is 494 g/mol. The molecule has 0 spiro atoms. The Hall–Kier alpha value is -4.68. The van der Waals surface area contributed by atoms with Crippen LogP contribution in [0.3, 0.4) is 0 Å². The topological polar surface area (TPSA) is 107 Å². The minimum absolute atomic E-state index is 0.0259. The molecule has 5 rings (SSSR count). The van der Waals surface area contributed by atoms with E-state index >= 15 is 0 Å². The Labute approximate surface area is 227 Å². The molecule has 198 valence electrons. The number of hydrogen-bond acceptors (Lipinski definition) is 7. The number of benzene rings is 3. The van der Waals surface area contributed by atoms with E-state index in [1.807, 2.05) is 50.5 Å². The zero-order valence-corrected chi connectivity index (χ0v) is 22.1. The van der Waals surface area contributed by atoms with Crippen LogP contribution in [0.5, 0.6) is 11.5 Å². The number of amides is 2. The van der Waals surface area contributed by atoms with Crippen LogP contribution in [-0.2, 0) is 9.59 Å². The first kappa shape index (κ1) is 25.9. The van der Waals surface area contributed by atoms with Crippen molar-refractivity contribution in [3.8, 4) is 17.6 Å². The molecule has 1 unspecified atom stereocenters. The number of ether oxygens (including phenoxy) is 2. The molecule has 1 N–H and O–H groups in total. The monoisotopic (exact) mass is 523 g/mol. The molecule has 1 atom stereocenters. The van der Waals surface area contributed by atoms with E-state index in [2.05, 4.69) is 16.3 Å². The number of fused-ring (bicyclic) bond motifs is 2. The van der Waals surface area contributed by atoms with E-state index < -0.39 is 5.92 Å². The van der Waals surface area contributed by atoms with Crippen molar-refractivity contribution in [2.75, 3.05) is 44.2 Å². The van der Waals surface area contributed by atoms with Crippen molar-refractivity contribution in [1.82, 2.24) is 4.90 Å². The van der Waals surface area contributed by atoms with Gasteiger partial charge >= 0.3 is 0 Å². The second kappa shape index (κ2) is 11.0. The summed E-state index contributed by atoms with van der Waals surface area (Å²) in [5, 5.41) is 12.2. The van der Waals surface area contributed by atoms with Crippen LogP contribution in [-0.4, -0.2) is 56.4 Å². The smallest absolute Gasteiger partial charge is 0.238 e. The summed E-state index contributed by atoms with van der Waals surface area (Å²) >= 11 is 0. The van der Waals surface area contributed by atoms with E-state index in [1.54, 1.807) is 36.1 Å². The van der Waals surface area contributed by atoms with Crippen molar-refractivity contribution in [2.45, 2.75) is 19.3 Å². The molecule has 3 aromatic rings. The third-order valence-corrected chi connectivity index (χ3v) is 6.73. The summed E-state index contributed by atoms with van der Waals surface area (Å²) in [6.07, 6.45) is 0.852. The van der Waals surface area contributed by atoms with E-state index in [0.717, 1.165) is 29.8 Å². The highest BCUT2D eigenvalue weighted by molar-refractivity contribution is 6.24. The number of carbonyl (C=O) groups is 2. The first-order valence-electron chi connectivity index (χ1n) is 12.7. The van der Waals surface area contributed by atoms with Crippen molar-refractivity contribution >= 4 is 34.6 Å². The Morgan fingerprint density at radius 3 is 2.54 bits per heavy atom. The molecule has 0 fully saturated rings. The van der Waals surface area contributed by atoms with Gasteiger partial charge < -0.3 is 24.6 Å².